The van der Waals surface area contributed by atoms with Crippen molar-refractivity contribution in [2.45, 2.75) is 20.3 Å². The van der Waals surface area contributed by atoms with Crippen LogP contribution in [0.25, 0.3) is 10.1 Å². The van der Waals surface area contributed by atoms with Crippen molar-refractivity contribution in [2.75, 3.05) is 13.1 Å². The second kappa shape index (κ2) is 5.92. The van der Waals surface area contributed by atoms with Gasteiger partial charge in [0.15, 0.2) is 0 Å². The Labute approximate surface area is 137 Å². The third-order valence-electron chi connectivity index (χ3n) is 4.39. The number of rotatable bonds is 2. The van der Waals surface area contributed by atoms with E-state index in [1.807, 2.05) is 6.92 Å². The lowest BCUT2D eigenvalue weighted by atomic mass is 9.90. The zero-order valence-electron chi connectivity index (χ0n) is 13.0. The number of nitrogens with zero attached hydrogens (tertiary/aromatic N) is 1. The fourth-order valence-electron chi connectivity index (χ4n) is 3.30. The molecular weight excluding hydrogens is 317 g/mol. The van der Waals surface area contributed by atoms with Crippen LogP contribution in [0.2, 0.25) is 0 Å². The fourth-order valence-corrected chi connectivity index (χ4v) is 4.49. The molecule has 1 aliphatic heterocycles. The smallest absolute Gasteiger partial charge is 0.308 e. The molecule has 6 heteroatoms. The lowest BCUT2D eigenvalue weighted by Crippen LogP contribution is -2.45. The van der Waals surface area contributed by atoms with Crippen LogP contribution in [0, 0.1) is 24.6 Å². The lowest BCUT2D eigenvalue weighted by molar-refractivity contribution is -0.143. The molecule has 2 aromatic rings. The quantitative estimate of drug-likeness (QED) is 0.913. The van der Waals surface area contributed by atoms with Crippen molar-refractivity contribution in [3.63, 3.8) is 0 Å². The number of carboxylic acid groups (broad SMARTS) is 1. The lowest BCUT2D eigenvalue weighted by Gasteiger charge is -2.34. The maximum absolute atomic E-state index is 14.0. The van der Waals surface area contributed by atoms with Gasteiger partial charge in [0.05, 0.1) is 10.8 Å². The van der Waals surface area contributed by atoms with Gasteiger partial charge in [-0.2, -0.15) is 0 Å². The zero-order valence-corrected chi connectivity index (χ0v) is 13.8. The Hall–Kier alpha value is -1.95. The van der Waals surface area contributed by atoms with Gasteiger partial charge in [0.25, 0.3) is 5.91 Å². The Balaban J connectivity index is 1.95. The van der Waals surface area contributed by atoms with E-state index in [9.17, 15) is 19.1 Å². The Morgan fingerprint density at radius 1 is 1.35 bits per heavy atom. The van der Waals surface area contributed by atoms with Crippen LogP contribution in [0.1, 0.15) is 28.6 Å². The second-order valence-electron chi connectivity index (χ2n) is 6.26. The average Bonchev–Trinajstić information content (AvgIpc) is 2.84. The Bertz CT molecular complexity index is 785. The highest BCUT2D eigenvalue weighted by Gasteiger charge is 2.33. The van der Waals surface area contributed by atoms with Crippen LogP contribution in [-0.2, 0) is 4.79 Å². The molecule has 1 saturated heterocycles. The summed E-state index contributed by atoms with van der Waals surface area (Å²) in [5, 5.41) is 9.73. The van der Waals surface area contributed by atoms with Crippen molar-refractivity contribution in [1.29, 1.82) is 0 Å². The van der Waals surface area contributed by atoms with Gasteiger partial charge in [0.2, 0.25) is 0 Å². The summed E-state index contributed by atoms with van der Waals surface area (Å²) >= 11 is 1.27. The summed E-state index contributed by atoms with van der Waals surface area (Å²) in [6.07, 6.45) is 0.582. The number of halogens is 1. The highest BCUT2D eigenvalue weighted by Crippen LogP contribution is 2.34. The molecular formula is C17H18FNO3S. The SMILES string of the molecule is Cc1c(C(=O)N2CC(C)CC(C(=O)O)C2)sc2cccc(F)c12. The van der Waals surface area contributed by atoms with Gasteiger partial charge in [-0.3, -0.25) is 9.59 Å². The van der Waals surface area contributed by atoms with Gasteiger partial charge in [-0.25, -0.2) is 4.39 Å². The molecule has 1 fully saturated rings. The molecule has 1 amide bonds. The first-order chi connectivity index (χ1) is 10.9. The van der Waals surface area contributed by atoms with Gasteiger partial charge in [-0.05, 0) is 37.0 Å². The number of aryl methyl sites for hydroxylation is 1. The predicted octanol–water partition coefficient (Wildman–Crippen LogP) is 3.53. The van der Waals surface area contributed by atoms with Gasteiger partial charge in [0.1, 0.15) is 5.82 Å². The van der Waals surface area contributed by atoms with E-state index in [0.29, 0.717) is 28.8 Å². The molecule has 4 nitrogen and oxygen atoms in total. The van der Waals surface area contributed by atoms with E-state index >= 15 is 0 Å². The van der Waals surface area contributed by atoms with Crippen LogP contribution in [0.5, 0.6) is 0 Å². The molecule has 0 bridgehead atoms. The maximum atomic E-state index is 14.0. The van der Waals surface area contributed by atoms with E-state index in [2.05, 4.69) is 0 Å². The van der Waals surface area contributed by atoms with Gasteiger partial charge >= 0.3 is 5.97 Å². The number of benzene rings is 1. The third-order valence-corrected chi connectivity index (χ3v) is 5.64. The van der Waals surface area contributed by atoms with E-state index < -0.39 is 11.9 Å². The molecule has 2 unspecified atom stereocenters. The first-order valence-corrected chi connectivity index (χ1v) is 8.39. The molecule has 122 valence electrons. The Morgan fingerprint density at radius 3 is 2.74 bits per heavy atom. The summed E-state index contributed by atoms with van der Waals surface area (Å²) < 4.78 is 14.7. The number of hydrogen-bond acceptors (Lipinski definition) is 3. The molecule has 1 aliphatic rings. The predicted molar refractivity (Wildman–Crippen MR) is 87.3 cm³/mol. The van der Waals surface area contributed by atoms with Crippen molar-refractivity contribution in [2.24, 2.45) is 11.8 Å². The number of likely N-dealkylation sites (tertiary alicyclic amines) is 1. The van der Waals surface area contributed by atoms with E-state index in [-0.39, 0.29) is 24.2 Å². The summed E-state index contributed by atoms with van der Waals surface area (Å²) in [4.78, 5) is 26.2. The molecule has 0 spiro atoms. The minimum absolute atomic E-state index is 0.139. The number of hydrogen-bond donors (Lipinski definition) is 1. The number of piperidine rings is 1. The Morgan fingerprint density at radius 2 is 2.09 bits per heavy atom. The Kier molecular flexibility index (Phi) is 4.10. The van der Waals surface area contributed by atoms with Crippen LogP contribution >= 0.6 is 11.3 Å². The maximum Gasteiger partial charge on any atom is 0.308 e. The van der Waals surface area contributed by atoms with Gasteiger partial charge < -0.3 is 10.0 Å². The number of thiophene rings is 1. The fraction of sp³-hybridized carbons (Fsp3) is 0.412. The summed E-state index contributed by atoms with van der Waals surface area (Å²) in [6.45, 7) is 4.46. The minimum atomic E-state index is -0.867. The number of carbonyl (C=O) groups is 2. The number of amides is 1. The van der Waals surface area contributed by atoms with Gasteiger partial charge in [-0.1, -0.05) is 13.0 Å². The van der Waals surface area contributed by atoms with Crippen molar-refractivity contribution in [3.8, 4) is 0 Å². The van der Waals surface area contributed by atoms with E-state index in [1.54, 1.807) is 24.0 Å². The number of fused-ring (bicyclic) bond motifs is 1. The average molecular weight is 335 g/mol. The third kappa shape index (κ3) is 2.83. The first-order valence-electron chi connectivity index (χ1n) is 7.58. The van der Waals surface area contributed by atoms with Crippen molar-refractivity contribution in [1.82, 2.24) is 4.90 Å². The standard InChI is InChI=1S/C17H18FNO3S/c1-9-6-11(17(21)22)8-19(7-9)16(20)15-10(2)14-12(18)4-3-5-13(14)23-15/h3-5,9,11H,6-8H2,1-2H3,(H,21,22). The molecule has 2 heterocycles. The summed E-state index contributed by atoms with van der Waals surface area (Å²) in [5.74, 6) is -1.78. The molecule has 23 heavy (non-hydrogen) atoms. The highest BCUT2D eigenvalue weighted by molar-refractivity contribution is 7.21. The van der Waals surface area contributed by atoms with Crippen molar-refractivity contribution >= 4 is 33.3 Å². The van der Waals surface area contributed by atoms with Gasteiger partial charge in [-0.15, -0.1) is 11.3 Å². The number of aliphatic carboxylic acids is 1. The van der Waals surface area contributed by atoms with E-state index in [4.69, 9.17) is 0 Å². The molecule has 1 N–H and O–H groups in total. The topological polar surface area (TPSA) is 57.6 Å². The van der Waals surface area contributed by atoms with Crippen LogP contribution in [0.15, 0.2) is 18.2 Å². The van der Waals surface area contributed by atoms with Crippen molar-refractivity contribution < 1.29 is 19.1 Å². The van der Waals surface area contributed by atoms with E-state index in [1.165, 1.54) is 17.4 Å². The van der Waals surface area contributed by atoms with E-state index in [0.717, 1.165) is 4.70 Å². The van der Waals surface area contributed by atoms with Crippen LogP contribution in [0.4, 0.5) is 4.39 Å². The van der Waals surface area contributed by atoms with Crippen LogP contribution < -0.4 is 0 Å². The minimum Gasteiger partial charge on any atom is -0.481 e. The summed E-state index contributed by atoms with van der Waals surface area (Å²) in [5.41, 5.74) is 0.637. The normalized spacial score (nSPS) is 21.6. The molecule has 1 aromatic carbocycles. The monoisotopic (exact) mass is 335 g/mol. The molecule has 3 rings (SSSR count). The summed E-state index contributed by atoms with van der Waals surface area (Å²) in [7, 11) is 0. The van der Waals surface area contributed by atoms with Crippen LogP contribution in [0.3, 0.4) is 0 Å². The van der Waals surface area contributed by atoms with Gasteiger partial charge in [0, 0.05) is 23.2 Å². The molecule has 0 radical (unpaired) electrons. The first kappa shape index (κ1) is 15.9. The molecule has 2 atom stereocenters. The second-order valence-corrected chi connectivity index (χ2v) is 7.31. The van der Waals surface area contributed by atoms with Crippen LogP contribution in [-0.4, -0.2) is 35.0 Å². The molecule has 1 aromatic heterocycles. The summed E-state index contributed by atoms with van der Waals surface area (Å²) in [6, 6.07) is 4.82. The highest BCUT2D eigenvalue weighted by atomic mass is 32.1. The molecule has 0 aliphatic carbocycles. The largest absolute Gasteiger partial charge is 0.481 e. The number of carbonyl (C=O) groups excluding carboxylic acids is 1. The molecule has 0 saturated carbocycles. The van der Waals surface area contributed by atoms with Crippen molar-refractivity contribution in [3.05, 3.63) is 34.5 Å². The zero-order chi connectivity index (χ0) is 16.7. The number of carboxylic acids is 1.